The van der Waals surface area contributed by atoms with Crippen LogP contribution in [0.4, 0.5) is 0 Å². The molecule has 0 aliphatic carbocycles. The molecule has 7 aromatic rings. The van der Waals surface area contributed by atoms with Crippen LogP contribution < -0.4 is 5.32 Å². The van der Waals surface area contributed by atoms with Gasteiger partial charge in [0.05, 0.1) is 11.4 Å². The van der Waals surface area contributed by atoms with Gasteiger partial charge < -0.3 is 5.32 Å². The Morgan fingerprint density at radius 3 is 1.72 bits per heavy atom. The Kier molecular flexibility index (Phi) is 7.50. The summed E-state index contributed by atoms with van der Waals surface area (Å²) < 4.78 is 2.24. The van der Waals surface area contributed by atoms with Gasteiger partial charge in [0.15, 0.2) is 5.84 Å². The zero-order valence-corrected chi connectivity index (χ0v) is 25.5. The summed E-state index contributed by atoms with van der Waals surface area (Å²) in [5, 5.41) is 3.54. The van der Waals surface area contributed by atoms with Gasteiger partial charge >= 0.3 is 0 Å². The highest BCUT2D eigenvalue weighted by molar-refractivity contribution is 6.13. The van der Waals surface area contributed by atoms with E-state index in [2.05, 4.69) is 112 Å². The minimum absolute atomic E-state index is 0.261. The quantitative estimate of drug-likeness (QED) is 0.197. The van der Waals surface area contributed by atoms with Crippen molar-refractivity contribution >= 4 is 11.7 Å². The number of hydrogen-bond donors (Lipinski definition) is 1. The van der Waals surface area contributed by atoms with Gasteiger partial charge in [0.25, 0.3) is 0 Å². The number of aliphatic imine (C=N–C) groups is 2. The van der Waals surface area contributed by atoms with Crippen molar-refractivity contribution in [2.24, 2.45) is 9.98 Å². The highest BCUT2D eigenvalue weighted by atomic mass is 15.2. The summed E-state index contributed by atoms with van der Waals surface area (Å²) in [6.45, 7) is 0. The standard InChI is InChI=1S/C41H30N6/c1-5-13-29(14-6-1)36-37(30-15-7-2-8-16-30)47(41(43-36)34-25-27-42-28-26-34)35-23-21-33(22-24-35)40-45-38(31-17-9-3-10-18-31)44-39(46-40)32-19-11-4-12-20-32/h1-28,38H,(H,44,45,46). The van der Waals surface area contributed by atoms with Crippen LogP contribution in [0, 0.1) is 0 Å². The predicted molar refractivity (Wildman–Crippen MR) is 190 cm³/mol. The molecule has 1 aliphatic rings. The largest absolute Gasteiger partial charge is 0.344 e. The maximum Gasteiger partial charge on any atom is 0.159 e. The van der Waals surface area contributed by atoms with Crippen molar-refractivity contribution in [2.45, 2.75) is 6.17 Å². The maximum atomic E-state index is 5.28. The molecular weight excluding hydrogens is 576 g/mol. The van der Waals surface area contributed by atoms with Crippen LogP contribution >= 0.6 is 0 Å². The van der Waals surface area contributed by atoms with E-state index in [4.69, 9.17) is 15.0 Å². The summed E-state index contributed by atoms with van der Waals surface area (Å²) in [4.78, 5) is 19.6. The molecule has 6 heteroatoms. The predicted octanol–water partition coefficient (Wildman–Crippen LogP) is 8.76. The monoisotopic (exact) mass is 606 g/mol. The van der Waals surface area contributed by atoms with Gasteiger partial charge in [-0.25, -0.2) is 15.0 Å². The maximum absolute atomic E-state index is 5.28. The van der Waals surface area contributed by atoms with Crippen LogP contribution in [0.15, 0.2) is 180 Å². The number of amidine groups is 2. The van der Waals surface area contributed by atoms with Crippen molar-refractivity contribution in [2.75, 3.05) is 0 Å². The molecule has 1 atom stereocenters. The van der Waals surface area contributed by atoms with E-state index in [0.29, 0.717) is 5.84 Å². The van der Waals surface area contributed by atoms with Crippen molar-refractivity contribution in [3.05, 3.63) is 187 Å². The lowest BCUT2D eigenvalue weighted by Gasteiger charge is -2.23. The molecule has 0 saturated heterocycles. The molecule has 8 rings (SSSR count). The Hall–Kier alpha value is -6.40. The van der Waals surface area contributed by atoms with Gasteiger partial charge in [-0.15, -0.1) is 0 Å². The third kappa shape index (κ3) is 5.64. The fourth-order valence-electron chi connectivity index (χ4n) is 5.91. The lowest BCUT2D eigenvalue weighted by molar-refractivity contribution is 0.674. The van der Waals surface area contributed by atoms with Crippen LogP contribution in [-0.4, -0.2) is 26.2 Å². The number of rotatable bonds is 7. The SMILES string of the molecule is c1ccc(C2=NC(c3ccc(-n4c(-c5ccncc5)nc(-c5ccccc5)c4-c4ccccc4)cc3)=NC(c3ccccc3)N2)cc1. The van der Waals surface area contributed by atoms with Crippen LogP contribution in [0.25, 0.3) is 39.6 Å². The summed E-state index contributed by atoms with van der Waals surface area (Å²) in [5.41, 5.74) is 9.04. The van der Waals surface area contributed by atoms with E-state index in [1.165, 1.54) is 0 Å². The third-order valence-corrected chi connectivity index (χ3v) is 8.20. The molecule has 0 radical (unpaired) electrons. The molecule has 0 spiro atoms. The van der Waals surface area contributed by atoms with E-state index in [1.807, 2.05) is 73.1 Å². The van der Waals surface area contributed by atoms with Crippen molar-refractivity contribution in [1.82, 2.24) is 19.9 Å². The van der Waals surface area contributed by atoms with Crippen molar-refractivity contribution in [3.63, 3.8) is 0 Å². The van der Waals surface area contributed by atoms with Crippen LogP contribution in [0.3, 0.4) is 0 Å². The van der Waals surface area contributed by atoms with E-state index in [1.54, 1.807) is 0 Å². The molecule has 1 aliphatic heterocycles. The number of imidazole rings is 1. The summed E-state index contributed by atoms with van der Waals surface area (Å²) in [7, 11) is 0. The molecule has 6 nitrogen and oxygen atoms in total. The average molecular weight is 607 g/mol. The number of nitrogens with one attached hydrogen (secondary N) is 1. The molecule has 1 N–H and O–H groups in total. The molecule has 2 aromatic heterocycles. The Morgan fingerprint density at radius 1 is 0.511 bits per heavy atom. The minimum atomic E-state index is -0.261. The van der Waals surface area contributed by atoms with E-state index in [0.717, 1.165) is 62.1 Å². The molecule has 3 heterocycles. The van der Waals surface area contributed by atoms with Gasteiger partial charge in [-0.3, -0.25) is 9.55 Å². The Balaban J connectivity index is 1.28. The first kappa shape index (κ1) is 28.1. The number of hydrogen-bond acceptors (Lipinski definition) is 5. The fraction of sp³-hybridized carbons (Fsp3) is 0.0244. The second-order valence-electron chi connectivity index (χ2n) is 11.2. The molecule has 0 saturated carbocycles. The lowest BCUT2D eigenvalue weighted by Crippen LogP contribution is -2.33. The molecule has 0 amide bonds. The smallest absolute Gasteiger partial charge is 0.159 e. The summed E-state index contributed by atoms with van der Waals surface area (Å²) in [6.07, 6.45) is 3.36. The zero-order chi connectivity index (χ0) is 31.4. The highest BCUT2D eigenvalue weighted by Crippen LogP contribution is 2.38. The summed E-state index contributed by atoms with van der Waals surface area (Å²) >= 11 is 0. The van der Waals surface area contributed by atoms with E-state index < -0.39 is 0 Å². The van der Waals surface area contributed by atoms with Gasteiger partial charge in [-0.2, -0.15) is 0 Å². The van der Waals surface area contributed by atoms with E-state index >= 15 is 0 Å². The average Bonchev–Trinajstić information content (AvgIpc) is 3.57. The minimum Gasteiger partial charge on any atom is -0.344 e. The van der Waals surface area contributed by atoms with E-state index in [-0.39, 0.29) is 6.17 Å². The van der Waals surface area contributed by atoms with Crippen molar-refractivity contribution in [1.29, 1.82) is 0 Å². The first-order valence-electron chi connectivity index (χ1n) is 15.6. The topological polar surface area (TPSA) is 67.5 Å². The fourth-order valence-corrected chi connectivity index (χ4v) is 5.91. The Labute approximate surface area is 273 Å². The van der Waals surface area contributed by atoms with Crippen LogP contribution in [0.2, 0.25) is 0 Å². The van der Waals surface area contributed by atoms with Gasteiger partial charge in [0, 0.05) is 45.9 Å². The molecule has 47 heavy (non-hydrogen) atoms. The van der Waals surface area contributed by atoms with Gasteiger partial charge in [-0.05, 0) is 42.0 Å². The van der Waals surface area contributed by atoms with Crippen molar-refractivity contribution in [3.8, 4) is 39.6 Å². The van der Waals surface area contributed by atoms with Gasteiger partial charge in [0.2, 0.25) is 0 Å². The van der Waals surface area contributed by atoms with Crippen LogP contribution in [0.1, 0.15) is 22.9 Å². The third-order valence-electron chi connectivity index (χ3n) is 8.20. The second kappa shape index (κ2) is 12.5. The number of benzene rings is 5. The number of aromatic nitrogens is 3. The Morgan fingerprint density at radius 2 is 1.09 bits per heavy atom. The first-order valence-corrected chi connectivity index (χ1v) is 15.6. The normalized spacial score (nSPS) is 14.2. The van der Waals surface area contributed by atoms with Gasteiger partial charge in [0.1, 0.15) is 17.8 Å². The van der Waals surface area contributed by atoms with Crippen molar-refractivity contribution < 1.29 is 0 Å². The highest BCUT2D eigenvalue weighted by Gasteiger charge is 2.24. The summed E-state index contributed by atoms with van der Waals surface area (Å²) in [5.74, 6) is 2.31. The molecule has 224 valence electrons. The number of pyridine rings is 1. The second-order valence-corrected chi connectivity index (χ2v) is 11.2. The summed E-state index contributed by atoms with van der Waals surface area (Å²) in [6, 6.07) is 53.7. The Bertz CT molecular complexity index is 2170. The lowest BCUT2D eigenvalue weighted by atomic mass is 10.0. The molecule has 5 aromatic carbocycles. The molecule has 1 unspecified atom stereocenters. The van der Waals surface area contributed by atoms with Crippen LogP contribution in [0.5, 0.6) is 0 Å². The van der Waals surface area contributed by atoms with E-state index in [9.17, 15) is 0 Å². The molecule has 0 bridgehead atoms. The molecule has 0 fully saturated rings. The van der Waals surface area contributed by atoms with Gasteiger partial charge in [-0.1, -0.05) is 121 Å². The van der Waals surface area contributed by atoms with Crippen LogP contribution in [-0.2, 0) is 0 Å². The number of nitrogens with zero attached hydrogens (tertiary/aromatic N) is 5. The first-order chi connectivity index (χ1) is 23.3. The molecular formula is C41H30N6. The zero-order valence-electron chi connectivity index (χ0n) is 25.5.